The van der Waals surface area contributed by atoms with Crippen LogP contribution in [0.3, 0.4) is 0 Å². The van der Waals surface area contributed by atoms with Gasteiger partial charge in [0.05, 0.1) is 12.7 Å². The van der Waals surface area contributed by atoms with Crippen LogP contribution in [-0.2, 0) is 4.74 Å². The van der Waals surface area contributed by atoms with Crippen molar-refractivity contribution in [1.82, 2.24) is 5.32 Å². The Morgan fingerprint density at radius 3 is 2.38 bits per heavy atom. The van der Waals surface area contributed by atoms with E-state index in [-0.39, 0.29) is 0 Å². The minimum atomic E-state index is 0.493. The van der Waals surface area contributed by atoms with Crippen LogP contribution in [0.4, 0.5) is 0 Å². The number of nitrogens with one attached hydrogen (secondary N) is 1. The predicted molar refractivity (Wildman–Crippen MR) is 69.7 cm³/mol. The molecule has 96 valence electrons. The van der Waals surface area contributed by atoms with Crippen LogP contribution in [0, 0.1) is 11.8 Å². The molecule has 0 aromatic heterocycles. The average molecular weight is 227 g/mol. The number of ether oxygens (including phenoxy) is 1. The van der Waals surface area contributed by atoms with Crippen LogP contribution in [0.25, 0.3) is 0 Å². The van der Waals surface area contributed by atoms with E-state index < -0.39 is 0 Å². The van der Waals surface area contributed by atoms with Crippen molar-refractivity contribution in [3.05, 3.63) is 0 Å². The molecule has 0 aromatic carbocycles. The van der Waals surface area contributed by atoms with E-state index in [2.05, 4.69) is 33.0 Å². The minimum absolute atomic E-state index is 0.493. The summed E-state index contributed by atoms with van der Waals surface area (Å²) in [4.78, 5) is 0. The quantitative estimate of drug-likeness (QED) is 0.752. The van der Waals surface area contributed by atoms with E-state index in [0.29, 0.717) is 12.1 Å². The van der Waals surface area contributed by atoms with Crippen molar-refractivity contribution in [2.45, 2.75) is 65.5 Å². The van der Waals surface area contributed by atoms with Gasteiger partial charge in [-0.3, -0.25) is 0 Å². The Hall–Kier alpha value is -0.0800. The summed E-state index contributed by atoms with van der Waals surface area (Å²) in [6, 6.07) is 0.493. The van der Waals surface area contributed by atoms with E-state index in [4.69, 9.17) is 4.74 Å². The van der Waals surface area contributed by atoms with Gasteiger partial charge in [0.2, 0.25) is 0 Å². The van der Waals surface area contributed by atoms with Gasteiger partial charge < -0.3 is 10.1 Å². The van der Waals surface area contributed by atoms with Crippen LogP contribution in [0.15, 0.2) is 0 Å². The summed E-state index contributed by atoms with van der Waals surface area (Å²) < 4.78 is 6.02. The van der Waals surface area contributed by atoms with Gasteiger partial charge in [-0.25, -0.2) is 0 Å². The molecular weight excluding hydrogens is 198 g/mol. The third-order valence-corrected chi connectivity index (χ3v) is 3.46. The summed E-state index contributed by atoms with van der Waals surface area (Å²) in [6.07, 6.45) is 5.59. The van der Waals surface area contributed by atoms with Gasteiger partial charge >= 0.3 is 0 Å². The van der Waals surface area contributed by atoms with Crippen molar-refractivity contribution < 1.29 is 4.74 Å². The molecule has 0 saturated heterocycles. The summed E-state index contributed by atoms with van der Waals surface area (Å²) in [5.41, 5.74) is 0. The standard InChI is InChI=1S/C14H29NO/c1-5-6-15-13(4)10-16-14-8-11(2)7-12(3)9-14/h11-15H,5-10H2,1-4H3. The van der Waals surface area contributed by atoms with Crippen LogP contribution in [0.1, 0.15) is 53.4 Å². The normalized spacial score (nSPS) is 32.6. The molecule has 1 saturated carbocycles. The number of hydrogen-bond acceptors (Lipinski definition) is 2. The Morgan fingerprint density at radius 1 is 1.19 bits per heavy atom. The first-order valence-electron chi connectivity index (χ1n) is 6.96. The molecule has 0 heterocycles. The lowest BCUT2D eigenvalue weighted by Gasteiger charge is -2.32. The molecule has 0 amide bonds. The molecule has 1 fully saturated rings. The first kappa shape index (κ1) is 14.0. The van der Waals surface area contributed by atoms with E-state index in [9.17, 15) is 0 Å². The lowest BCUT2D eigenvalue weighted by molar-refractivity contribution is -0.00696. The van der Waals surface area contributed by atoms with E-state index in [0.717, 1.165) is 25.0 Å². The second-order valence-electron chi connectivity index (χ2n) is 5.73. The molecule has 1 aliphatic rings. The summed E-state index contributed by atoms with van der Waals surface area (Å²) >= 11 is 0. The van der Waals surface area contributed by atoms with Crippen LogP contribution >= 0.6 is 0 Å². The molecule has 0 aromatic rings. The highest BCUT2D eigenvalue weighted by Gasteiger charge is 2.24. The van der Waals surface area contributed by atoms with Gasteiger partial charge in [0.15, 0.2) is 0 Å². The highest BCUT2D eigenvalue weighted by molar-refractivity contribution is 4.75. The zero-order valence-electron chi connectivity index (χ0n) is 11.5. The van der Waals surface area contributed by atoms with Gasteiger partial charge in [0.1, 0.15) is 0 Å². The SMILES string of the molecule is CCCNC(C)COC1CC(C)CC(C)C1. The topological polar surface area (TPSA) is 21.3 Å². The fourth-order valence-corrected chi connectivity index (χ4v) is 2.74. The molecule has 0 spiro atoms. The monoisotopic (exact) mass is 227 g/mol. The predicted octanol–water partition coefficient (Wildman–Crippen LogP) is 3.22. The van der Waals surface area contributed by atoms with Crippen LogP contribution < -0.4 is 5.32 Å². The molecule has 2 nitrogen and oxygen atoms in total. The van der Waals surface area contributed by atoms with Crippen molar-refractivity contribution in [1.29, 1.82) is 0 Å². The Kier molecular flexibility index (Phi) is 6.37. The fourth-order valence-electron chi connectivity index (χ4n) is 2.74. The second-order valence-corrected chi connectivity index (χ2v) is 5.73. The Morgan fingerprint density at radius 2 is 1.81 bits per heavy atom. The molecule has 0 bridgehead atoms. The molecule has 3 atom stereocenters. The van der Waals surface area contributed by atoms with Gasteiger partial charge in [-0.1, -0.05) is 20.8 Å². The third-order valence-electron chi connectivity index (χ3n) is 3.46. The average Bonchev–Trinajstić information content (AvgIpc) is 2.22. The van der Waals surface area contributed by atoms with Crippen LogP contribution in [-0.4, -0.2) is 25.3 Å². The van der Waals surface area contributed by atoms with Crippen LogP contribution in [0.2, 0.25) is 0 Å². The van der Waals surface area contributed by atoms with Gasteiger partial charge in [-0.2, -0.15) is 0 Å². The lowest BCUT2D eigenvalue weighted by Crippen LogP contribution is -2.35. The zero-order valence-corrected chi connectivity index (χ0v) is 11.5. The minimum Gasteiger partial charge on any atom is -0.377 e. The van der Waals surface area contributed by atoms with Crippen molar-refractivity contribution >= 4 is 0 Å². The molecule has 1 N–H and O–H groups in total. The Balaban J connectivity index is 2.16. The van der Waals surface area contributed by atoms with E-state index >= 15 is 0 Å². The summed E-state index contributed by atoms with van der Waals surface area (Å²) in [6.45, 7) is 11.1. The summed E-state index contributed by atoms with van der Waals surface area (Å²) in [7, 11) is 0. The molecule has 16 heavy (non-hydrogen) atoms. The first-order valence-corrected chi connectivity index (χ1v) is 6.96. The van der Waals surface area contributed by atoms with E-state index in [1.807, 2.05) is 0 Å². The highest BCUT2D eigenvalue weighted by Crippen LogP contribution is 2.30. The van der Waals surface area contributed by atoms with Gasteiger partial charge in [-0.05, 0) is 51.0 Å². The molecule has 0 aliphatic heterocycles. The fraction of sp³-hybridized carbons (Fsp3) is 1.00. The molecule has 3 unspecified atom stereocenters. The maximum atomic E-state index is 6.02. The first-order chi connectivity index (χ1) is 7.61. The molecule has 1 aliphatic carbocycles. The van der Waals surface area contributed by atoms with Crippen molar-refractivity contribution in [3.8, 4) is 0 Å². The van der Waals surface area contributed by atoms with Crippen molar-refractivity contribution in [3.63, 3.8) is 0 Å². The molecule has 1 rings (SSSR count). The maximum absolute atomic E-state index is 6.02. The zero-order chi connectivity index (χ0) is 12.0. The Bertz CT molecular complexity index is 174. The highest BCUT2D eigenvalue weighted by atomic mass is 16.5. The lowest BCUT2D eigenvalue weighted by atomic mass is 9.82. The van der Waals surface area contributed by atoms with Crippen molar-refractivity contribution in [2.75, 3.05) is 13.2 Å². The molecular formula is C14H29NO. The van der Waals surface area contributed by atoms with Gasteiger partial charge in [-0.15, -0.1) is 0 Å². The largest absolute Gasteiger partial charge is 0.377 e. The number of hydrogen-bond donors (Lipinski definition) is 1. The van der Waals surface area contributed by atoms with E-state index in [1.165, 1.54) is 25.7 Å². The second kappa shape index (κ2) is 7.29. The van der Waals surface area contributed by atoms with Gasteiger partial charge in [0, 0.05) is 6.04 Å². The summed E-state index contributed by atoms with van der Waals surface area (Å²) in [5.74, 6) is 1.68. The Labute approximate surface area is 101 Å². The summed E-state index contributed by atoms with van der Waals surface area (Å²) in [5, 5.41) is 3.47. The van der Waals surface area contributed by atoms with Crippen molar-refractivity contribution in [2.24, 2.45) is 11.8 Å². The smallest absolute Gasteiger partial charge is 0.0620 e. The molecule has 0 radical (unpaired) electrons. The van der Waals surface area contributed by atoms with Crippen LogP contribution in [0.5, 0.6) is 0 Å². The number of rotatable bonds is 6. The molecule has 2 heteroatoms. The van der Waals surface area contributed by atoms with Gasteiger partial charge in [0.25, 0.3) is 0 Å². The van der Waals surface area contributed by atoms with E-state index in [1.54, 1.807) is 0 Å². The third kappa shape index (κ3) is 5.31. The maximum Gasteiger partial charge on any atom is 0.0620 e.